The highest BCUT2D eigenvalue weighted by atomic mass is 32.1. The lowest BCUT2D eigenvalue weighted by Crippen LogP contribution is -2.38. The summed E-state index contributed by atoms with van der Waals surface area (Å²) in [4.78, 5) is 15.7. The first-order chi connectivity index (χ1) is 11.2. The third kappa shape index (κ3) is 2.81. The molecular weight excluding hydrogens is 308 g/mol. The molecule has 0 spiro atoms. The Kier molecular flexibility index (Phi) is 3.72. The zero-order valence-corrected chi connectivity index (χ0v) is 14.3. The van der Waals surface area contributed by atoms with Crippen LogP contribution < -0.4 is 4.90 Å². The Morgan fingerprint density at radius 3 is 3.04 bits per heavy atom. The first-order valence-corrected chi connectivity index (χ1v) is 8.90. The molecule has 0 bridgehead atoms. The third-order valence-corrected chi connectivity index (χ3v) is 5.34. The Morgan fingerprint density at radius 1 is 1.30 bits per heavy atom. The van der Waals surface area contributed by atoms with Gasteiger partial charge in [0, 0.05) is 19.6 Å². The number of hydrogen-bond acceptors (Lipinski definition) is 6. The highest BCUT2D eigenvalue weighted by Gasteiger charge is 2.24. The van der Waals surface area contributed by atoms with E-state index in [2.05, 4.69) is 36.4 Å². The molecule has 4 heterocycles. The number of aromatic nitrogens is 5. The largest absolute Gasteiger partial charge is 0.355 e. The number of hydrogen-bond donors (Lipinski definition) is 0. The standard InChI is InChI=1S/C16H20N6S/c1-11-19-12(2)22(20-11)9-13-4-3-6-21(8-13)16-15-14(5-7-23-15)17-10-18-16/h5,7,10,13H,3-4,6,8-9H2,1-2H3/t13-/m1/s1. The number of thiophene rings is 1. The average molecular weight is 328 g/mol. The summed E-state index contributed by atoms with van der Waals surface area (Å²) >= 11 is 1.72. The predicted octanol–water partition coefficient (Wildman–Crippen LogP) is 2.82. The first-order valence-electron chi connectivity index (χ1n) is 8.02. The second-order valence-electron chi connectivity index (χ2n) is 6.17. The van der Waals surface area contributed by atoms with E-state index in [9.17, 15) is 0 Å². The van der Waals surface area contributed by atoms with Gasteiger partial charge < -0.3 is 4.90 Å². The Balaban J connectivity index is 1.55. The molecule has 1 atom stereocenters. The van der Waals surface area contributed by atoms with E-state index in [4.69, 9.17) is 0 Å². The molecule has 0 amide bonds. The van der Waals surface area contributed by atoms with Crippen molar-refractivity contribution >= 4 is 27.4 Å². The topological polar surface area (TPSA) is 59.7 Å². The summed E-state index contributed by atoms with van der Waals surface area (Å²) in [6.45, 7) is 6.99. The van der Waals surface area contributed by atoms with E-state index in [1.165, 1.54) is 17.5 Å². The van der Waals surface area contributed by atoms with E-state index in [0.29, 0.717) is 5.92 Å². The van der Waals surface area contributed by atoms with Crippen molar-refractivity contribution in [2.75, 3.05) is 18.0 Å². The minimum absolute atomic E-state index is 0.577. The van der Waals surface area contributed by atoms with Gasteiger partial charge in [-0.25, -0.2) is 19.6 Å². The molecule has 1 fully saturated rings. The van der Waals surface area contributed by atoms with Crippen LogP contribution in [-0.4, -0.2) is 37.8 Å². The van der Waals surface area contributed by atoms with Gasteiger partial charge in [-0.15, -0.1) is 11.3 Å². The van der Waals surface area contributed by atoms with Gasteiger partial charge in [0.05, 0.1) is 10.2 Å². The molecule has 0 aliphatic carbocycles. The fourth-order valence-corrected chi connectivity index (χ4v) is 4.25. The van der Waals surface area contributed by atoms with Gasteiger partial charge in [0.15, 0.2) is 0 Å². The van der Waals surface area contributed by atoms with Crippen LogP contribution in [0.3, 0.4) is 0 Å². The molecule has 6 nitrogen and oxygen atoms in total. The van der Waals surface area contributed by atoms with Crippen molar-refractivity contribution in [1.29, 1.82) is 0 Å². The summed E-state index contributed by atoms with van der Waals surface area (Å²) in [6.07, 6.45) is 4.10. The normalized spacial score (nSPS) is 18.7. The van der Waals surface area contributed by atoms with Crippen LogP contribution in [0.4, 0.5) is 5.82 Å². The summed E-state index contributed by atoms with van der Waals surface area (Å²) in [5.41, 5.74) is 1.05. The maximum Gasteiger partial charge on any atom is 0.150 e. The number of fused-ring (bicyclic) bond motifs is 1. The highest BCUT2D eigenvalue weighted by Crippen LogP contribution is 2.31. The molecule has 0 unspecified atom stereocenters. The second-order valence-corrected chi connectivity index (χ2v) is 7.09. The van der Waals surface area contributed by atoms with Gasteiger partial charge in [-0.1, -0.05) is 0 Å². The molecule has 0 aromatic carbocycles. The Labute approximate surface area is 139 Å². The summed E-state index contributed by atoms with van der Waals surface area (Å²) in [7, 11) is 0. The van der Waals surface area contributed by atoms with E-state index in [0.717, 1.165) is 42.6 Å². The van der Waals surface area contributed by atoms with Gasteiger partial charge in [-0.2, -0.15) is 5.10 Å². The molecule has 120 valence electrons. The fraction of sp³-hybridized carbons (Fsp3) is 0.500. The van der Waals surface area contributed by atoms with Crippen LogP contribution in [0.5, 0.6) is 0 Å². The first kappa shape index (κ1) is 14.6. The highest BCUT2D eigenvalue weighted by molar-refractivity contribution is 7.17. The number of anilines is 1. The van der Waals surface area contributed by atoms with Gasteiger partial charge in [0.1, 0.15) is 23.8 Å². The van der Waals surface area contributed by atoms with Gasteiger partial charge in [-0.3, -0.25) is 0 Å². The zero-order valence-electron chi connectivity index (χ0n) is 13.4. The maximum atomic E-state index is 4.56. The molecule has 4 rings (SSSR count). The molecular formula is C16H20N6S. The SMILES string of the molecule is Cc1nc(C)n(C[C@@H]2CCCN(c3ncnc4ccsc34)C2)n1. The van der Waals surface area contributed by atoms with E-state index >= 15 is 0 Å². The summed E-state index contributed by atoms with van der Waals surface area (Å²) in [5, 5.41) is 6.60. The van der Waals surface area contributed by atoms with E-state index in [1.807, 2.05) is 18.5 Å². The van der Waals surface area contributed by atoms with E-state index in [1.54, 1.807) is 17.7 Å². The van der Waals surface area contributed by atoms with Crippen molar-refractivity contribution in [3.63, 3.8) is 0 Å². The quantitative estimate of drug-likeness (QED) is 0.740. The van der Waals surface area contributed by atoms with Crippen LogP contribution >= 0.6 is 11.3 Å². The Hall–Kier alpha value is -2.02. The number of rotatable bonds is 3. The summed E-state index contributed by atoms with van der Waals surface area (Å²) < 4.78 is 3.24. The lowest BCUT2D eigenvalue weighted by Gasteiger charge is -2.33. The third-order valence-electron chi connectivity index (χ3n) is 4.44. The van der Waals surface area contributed by atoms with Gasteiger partial charge in [0.25, 0.3) is 0 Å². The van der Waals surface area contributed by atoms with E-state index < -0.39 is 0 Å². The van der Waals surface area contributed by atoms with Crippen LogP contribution in [0.25, 0.3) is 10.2 Å². The van der Waals surface area contributed by atoms with Crippen molar-refractivity contribution in [3.05, 3.63) is 29.4 Å². The monoisotopic (exact) mass is 328 g/mol. The van der Waals surface area contributed by atoms with Crippen LogP contribution in [-0.2, 0) is 6.54 Å². The lowest BCUT2D eigenvalue weighted by molar-refractivity contribution is 0.347. The summed E-state index contributed by atoms with van der Waals surface area (Å²) in [5.74, 6) is 3.52. The molecule has 1 aliphatic heterocycles. The molecule has 3 aromatic rings. The smallest absolute Gasteiger partial charge is 0.150 e. The van der Waals surface area contributed by atoms with Gasteiger partial charge in [-0.05, 0) is 44.1 Å². The molecule has 7 heteroatoms. The van der Waals surface area contributed by atoms with Crippen molar-refractivity contribution in [2.24, 2.45) is 5.92 Å². The van der Waals surface area contributed by atoms with Crippen molar-refractivity contribution in [2.45, 2.75) is 33.2 Å². The Bertz CT molecular complexity index is 823. The van der Waals surface area contributed by atoms with Crippen LogP contribution in [0.15, 0.2) is 17.8 Å². The predicted molar refractivity (Wildman–Crippen MR) is 91.8 cm³/mol. The summed E-state index contributed by atoms with van der Waals surface area (Å²) in [6, 6.07) is 2.06. The number of piperidine rings is 1. The minimum atomic E-state index is 0.577. The van der Waals surface area contributed by atoms with Gasteiger partial charge >= 0.3 is 0 Å². The second kappa shape index (κ2) is 5.88. The number of aryl methyl sites for hydroxylation is 2. The van der Waals surface area contributed by atoms with E-state index in [-0.39, 0.29) is 0 Å². The van der Waals surface area contributed by atoms with Gasteiger partial charge in [0.2, 0.25) is 0 Å². The van der Waals surface area contributed by atoms with Crippen molar-refractivity contribution in [3.8, 4) is 0 Å². The molecule has 23 heavy (non-hydrogen) atoms. The van der Waals surface area contributed by atoms with Crippen molar-refractivity contribution < 1.29 is 0 Å². The number of nitrogens with zero attached hydrogens (tertiary/aromatic N) is 6. The minimum Gasteiger partial charge on any atom is -0.355 e. The molecule has 1 aliphatic rings. The fourth-order valence-electron chi connectivity index (χ4n) is 3.39. The lowest BCUT2D eigenvalue weighted by atomic mass is 9.98. The van der Waals surface area contributed by atoms with Crippen molar-refractivity contribution in [1.82, 2.24) is 24.7 Å². The van der Waals surface area contributed by atoms with Crippen LogP contribution in [0.1, 0.15) is 24.5 Å². The Morgan fingerprint density at radius 2 is 2.22 bits per heavy atom. The molecule has 1 saturated heterocycles. The zero-order chi connectivity index (χ0) is 15.8. The molecule has 3 aromatic heterocycles. The average Bonchev–Trinajstić information content (AvgIpc) is 3.14. The van der Waals surface area contributed by atoms with Crippen LogP contribution in [0.2, 0.25) is 0 Å². The molecule has 0 N–H and O–H groups in total. The molecule has 0 radical (unpaired) electrons. The molecule has 0 saturated carbocycles. The van der Waals surface area contributed by atoms with Crippen LogP contribution in [0, 0.1) is 19.8 Å². The maximum absolute atomic E-state index is 4.56.